The minimum Gasteiger partial charge on any atom is -0.356 e. The van der Waals surface area contributed by atoms with Gasteiger partial charge in [-0.3, -0.25) is 0 Å². The summed E-state index contributed by atoms with van der Waals surface area (Å²) in [6.45, 7) is 13.2. The fourth-order valence-electron chi connectivity index (χ4n) is 2.79. The predicted molar refractivity (Wildman–Crippen MR) is 81.5 cm³/mol. The monoisotopic (exact) mass is 261 g/mol. The van der Waals surface area contributed by atoms with Crippen molar-refractivity contribution in [3.05, 3.63) is 23.4 Å². The lowest BCUT2D eigenvalue weighted by atomic mass is 9.95. The van der Waals surface area contributed by atoms with Crippen LogP contribution >= 0.6 is 0 Å². The first kappa shape index (κ1) is 14.3. The minimum absolute atomic E-state index is 0.774. The molecule has 3 nitrogen and oxygen atoms in total. The van der Waals surface area contributed by atoms with Crippen molar-refractivity contribution in [3.8, 4) is 0 Å². The van der Waals surface area contributed by atoms with Crippen molar-refractivity contribution >= 4 is 5.82 Å². The quantitative estimate of drug-likeness (QED) is 0.883. The van der Waals surface area contributed by atoms with Crippen LogP contribution in [0, 0.1) is 18.8 Å². The molecule has 0 bridgehead atoms. The molecule has 0 aliphatic carbocycles. The third kappa shape index (κ3) is 3.69. The average molecular weight is 261 g/mol. The van der Waals surface area contributed by atoms with E-state index in [1.165, 1.54) is 12.0 Å². The molecule has 1 aliphatic rings. The zero-order chi connectivity index (χ0) is 13.8. The van der Waals surface area contributed by atoms with E-state index in [1.54, 1.807) is 0 Å². The van der Waals surface area contributed by atoms with Crippen LogP contribution < -0.4 is 10.2 Å². The van der Waals surface area contributed by atoms with E-state index in [0.29, 0.717) is 0 Å². The number of hydrogen-bond donors (Lipinski definition) is 1. The number of anilines is 1. The van der Waals surface area contributed by atoms with Gasteiger partial charge < -0.3 is 10.2 Å². The van der Waals surface area contributed by atoms with Crippen LogP contribution in [0.1, 0.15) is 38.4 Å². The molecular formula is C16H27N3. The van der Waals surface area contributed by atoms with Gasteiger partial charge in [0.2, 0.25) is 0 Å². The first-order valence-electron chi connectivity index (χ1n) is 7.53. The fourth-order valence-corrected chi connectivity index (χ4v) is 2.79. The molecule has 3 heteroatoms. The Morgan fingerprint density at radius 1 is 1.42 bits per heavy atom. The molecule has 1 N–H and O–H groups in total. The standard InChI is InChI=1S/C16H27N3/c1-5-17-10-14-8-13(4)18-16(9-14)19-7-6-15(11-19)12(2)3/h8-9,12,15,17H,5-7,10-11H2,1-4H3. The number of pyridine rings is 1. The van der Waals surface area contributed by atoms with Crippen LogP contribution in [0.5, 0.6) is 0 Å². The molecule has 0 amide bonds. The van der Waals surface area contributed by atoms with Gasteiger partial charge in [-0.2, -0.15) is 0 Å². The van der Waals surface area contributed by atoms with Gasteiger partial charge in [-0.05, 0) is 49.4 Å². The van der Waals surface area contributed by atoms with Gasteiger partial charge in [0, 0.05) is 25.3 Å². The van der Waals surface area contributed by atoms with Crippen molar-refractivity contribution in [3.63, 3.8) is 0 Å². The lowest BCUT2D eigenvalue weighted by Gasteiger charge is -2.20. The van der Waals surface area contributed by atoms with Gasteiger partial charge in [0.25, 0.3) is 0 Å². The molecule has 1 aromatic rings. The summed E-state index contributed by atoms with van der Waals surface area (Å²) in [4.78, 5) is 7.17. The van der Waals surface area contributed by atoms with Crippen molar-refractivity contribution in [2.24, 2.45) is 11.8 Å². The van der Waals surface area contributed by atoms with Gasteiger partial charge in [0.15, 0.2) is 0 Å². The van der Waals surface area contributed by atoms with Crippen molar-refractivity contribution < 1.29 is 0 Å². The SMILES string of the molecule is CCNCc1cc(C)nc(N2CCC(C(C)C)C2)c1. The minimum atomic E-state index is 0.774. The largest absolute Gasteiger partial charge is 0.356 e. The highest BCUT2D eigenvalue weighted by Crippen LogP contribution is 2.27. The summed E-state index contributed by atoms with van der Waals surface area (Å²) in [7, 11) is 0. The summed E-state index contributed by atoms with van der Waals surface area (Å²) in [5.74, 6) is 2.76. The Balaban J connectivity index is 2.09. The van der Waals surface area contributed by atoms with Crippen LogP contribution in [0.15, 0.2) is 12.1 Å². The maximum Gasteiger partial charge on any atom is 0.129 e. The molecule has 1 fully saturated rings. The predicted octanol–water partition coefficient (Wildman–Crippen LogP) is 2.98. The zero-order valence-electron chi connectivity index (χ0n) is 12.7. The Morgan fingerprint density at radius 3 is 2.84 bits per heavy atom. The molecule has 1 atom stereocenters. The van der Waals surface area contributed by atoms with E-state index in [4.69, 9.17) is 4.98 Å². The third-order valence-electron chi connectivity index (χ3n) is 4.07. The molecule has 1 aliphatic heterocycles. The second kappa shape index (κ2) is 6.38. The summed E-state index contributed by atoms with van der Waals surface area (Å²) in [6, 6.07) is 4.43. The molecule has 19 heavy (non-hydrogen) atoms. The van der Waals surface area contributed by atoms with Crippen molar-refractivity contribution in [2.75, 3.05) is 24.5 Å². The number of nitrogens with one attached hydrogen (secondary N) is 1. The van der Waals surface area contributed by atoms with Crippen molar-refractivity contribution in [2.45, 2.75) is 40.7 Å². The van der Waals surface area contributed by atoms with Gasteiger partial charge in [-0.25, -0.2) is 4.98 Å². The highest BCUT2D eigenvalue weighted by molar-refractivity contribution is 5.43. The van der Waals surface area contributed by atoms with E-state index >= 15 is 0 Å². The Morgan fingerprint density at radius 2 is 2.21 bits per heavy atom. The molecule has 106 valence electrons. The summed E-state index contributed by atoms with van der Waals surface area (Å²) in [6.07, 6.45) is 1.30. The Labute approximate surface area is 117 Å². The van der Waals surface area contributed by atoms with Gasteiger partial charge in [-0.1, -0.05) is 20.8 Å². The van der Waals surface area contributed by atoms with Gasteiger partial charge in [0.1, 0.15) is 5.82 Å². The van der Waals surface area contributed by atoms with E-state index in [1.807, 2.05) is 0 Å². The number of hydrogen-bond acceptors (Lipinski definition) is 3. The second-order valence-electron chi connectivity index (χ2n) is 5.99. The number of aryl methyl sites for hydroxylation is 1. The molecule has 0 saturated carbocycles. The van der Waals surface area contributed by atoms with Crippen molar-refractivity contribution in [1.82, 2.24) is 10.3 Å². The topological polar surface area (TPSA) is 28.2 Å². The highest BCUT2D eigenvalue weighted by Gasteiger charge is 2.25. The van der Waals surface area contributed by atoms with Crippen LogP contribution in [0.4, 0.5) is 5.82 Å². The summed E-state index contributed by atoms with van der Waals surface area (Å²) in [5.41, 5.74) is 2.47. The molecule has 0 aromatic carbocycles. The summed E-state index contributed by atoms with van der Waals surface area (Å²) in [5, 5.41) is 3.39. The molecule has 0 radical (unpaired) electrons. The Hall–Kier alpha value is -1.09. The van der Waals surface area contributed by atoms with Gasteiger partial charge >= 0.3 is 0 Å². The van der Waals surface area contributed by atoms with Crippen LogP contribution in [-0.4, -0.2) is 24.6 Å². The first-order chi connectivity index (χ1) is 9.10. The molecule has 2 rings (SSSR count). The van der Waals surface area contributed by atoms with E-state index in [2.05, 4.69) is 50.0 Å². The molecule has 1 aromatic heterocycles. The van der Waals surface area contributed by atoms with Crippen LogP contribution in [-0.2, 0) is 6.54 Å². The second-order valence-corrected chi connectivity index (χ2v) is 5.99. The van der Waals surface area contributed by atoms with Crippen LogP contribution in [0.2, 0.25) is 0 Å². The maximum atomic E-state index is 4.72. The molecule has 1 saturated heterocycles. The Kier molecular flexibility index (Phi) is 4.81. The Bertz CT molecular complexity index is 414. The fraction of sp³-hybridized carbons (Fsp3) is 0.688. The summed E-state index contributed by atoms with van der Waals surface area (Å²) >= 11 is 0. The lowest BCUT2D eigenvalue weighted by molar-refractivity contribution is 0.422. The molecule has 0 spiro atoms. The average Bonchev–Trinajstić information content (AvgIpc) is 2.85. The maximum absolute atomic E-state index is 4.72. The number of rotatable bonds is 5. The van der Waals surface area contributed by atoms with Crippen molar-refractivity contribution in [1.29, 1.82) is 0 Å². The number of aromatic nitrogens is 1. The van der Waals surface area contributed by atoms with Crippen LogP contribution in [0.25, 0.3) is 0 Å². The first-order valence-corrected chi connectivity index (χ1v) is 7.53. The molecule has 2 heterocycles. The smallest absolute Gasteiger partial charge is 0.129 e. The van der Waals surface area contributed by atoms with E-state index < -0.39 is 0 Å². The zero-order valence-corrected chi connectivity index (χ0v) is 12.7. The van der Waals surface area contributed by atoms with E-state index in [0.717, 1.165) is 49.5 Å². The summed E-state index contributed by atoms with van der Waals surface area (Å²) < 4.78 is 0. The number of nitrogens with zero attached hydrogens (tertiary/aromatic N) is 2. The molecule has 1 unspecified atom stereocenters. The highest BCUT2D eigenvalue weighted by atomic mass is 15.2. The van der Waals surface area contributed by atoms with Crippen LogP contribution in [0.3, 0.4) is 0 Å². The van der Waals surface area contributed by atoms with E-state index in [-0.39, 0.29) is 0 Å². The molecular weight excluding hydrogens is 234 g/mol. The van der Waals surface area contributed by atoms with Gasteiger partial charge in [-0.15, -0.1) is 0 Å². The van der Waals surface area contributed by atoms with E-state index in [9.17, 15) is 0 Å². The van der Waals surface area contributed by atoms with Gasteiger partial charge in [0.05, 0.1) is 0 Å². The normalized spacial score (nSPS) is 19.4. The third-order valence-corrected chi connectivity index (χ3v) is 4.07. The lowest BCUT2D eigenvalue weighted by Crippen LogP contribution is -2.23.